The first-order chi connectivity index (χ1) is 20.5. The van der Waals surface area contributed by atoms with Crippen LogP contribution in [0.15, 0.2) is 42.5 Å². The number of aliphatic hydroxyl groups excluding tert-OH is 8. The fourth-order valence-corrected chi connectivity index (χ4v) is 4.42. The van der Waals surface area contributed by atoms with Crippen LogP contribution >= 0.6 is 0 Å². The van der Waals surface area contributed by atoms with E-state index < -0.39 is 74.6 Å². The lowest BCUT2D eigenvalue weighted by molar-refractivity contribution is -0.277. The quantitative estimate of drug-likeness (QED) is 0.145. The molecule has 0 amide bonds. The molecule has 2 aliphatic heterocycles. The molecule has 2 heterocycles. The Morgan fingerprint density at radius 3 is 1.67 bits per heavy atom. The van der Waals surface area contributed by atoms with Crippen LogP contribution in [0.3, 0.4) is 0 Å². The minimum absolute atomic E-state index is 0.0555. The summed E-state index contributed by atoms with van der Waals surface area (Å²) in [6, 6.07) is 8.65. The van der Waals surface area contributed by atoms with Crippen LogP contribution in [0.1, 0.15) is 17.5 Å². The first kappa shape index (κ1) is 32.5. The summed E-state index contributed by atoms with van der Waals surface area (Å²) in [5.74, 6) is 5.02. The smallest absolute Gasteiger partial charge is 0.229 e. The van der Waals surface area contributed by atoms with Crippen molar-refractivity contribution in [1.29, 1.82) is 0 Å². The van der Waals surface area contributed by atoms with Crippen molar-refractivity contribution in [2.45, 2.75) is 67.8 Å². The Hall–Kier alpha value is -3.46. The molecule has 0 unspecified atom stereocenters. The molecule has 0 aliphatic carbocycles. The summed E-state index contributed by atoms with van der Waals surface area (Å²) >= 11 is 0. The molecule has 0 spiro atoms. The van der Waals surface area contributed by atoms with Crippen molar-refractivity contribution in [3.05, 3.63) is 53.6 Å². The highest BCUT2D eigenvalue weighted by Gasteiger charge is 2.46. The van der Waals surface area contributed by atoms with E-state index in [-0.39, 0.29) is 23.0 Å². The molecule has 14 nitrogen and oxygen atoms in total. The van der Waals surface area contributed by atoms with E-state index in [1.54, 1.807) is 24.3 Å². The topological polar surface area (TPSA) is 239 Å². The van der Waals surface area contributed by atoms with Crippen molar-refractivity contribution >= 4 is 6.08 Å². The molecule has 0 saturated carbocycles. The van der Waals surface area contributed by atoms with Crippen molar-refractivity contribution in [1.82, 2.24) is 0 Å². The number of allylic oxidation sites excluding steroid dienone is 1. The Kier molecular flexibility index (Phi) is 10.8. The SMILES string of the molecule is OC[C@@H]1O[C@H](Oc2ccc(C#CC/C=C/c3ccc(O[C@@H]4O[C@H](CO)[C@@H](O)[C@H](O)[C@H]4O)c(O)c3)cc2O)[C@@H](O)[C@H](O)[C@H]1O. The van der Waals surface area contributed by atoms with Gasteiger partial charge < -0.3 is 70.0 Å². The Balaban J connectivity index is 1.31. The highest BCUT2D eigenvalue weighted by Crippen LogP contribution is 2.32. The van der Waals surface area contributed by atoms with Crippen LogP contribution in [0, 0.1) is 11.8 Å². The molecular formula is C29H34O14. The van der Waals surface area contributed by atoms with E-state index in [0.717, 1.165) is 0 Å². The lowest BCUT2D eigenvalue weighted by Gasteiger charge is -2.39. The van der Waals surface area contributed by atoms with E-state index in [0.29, 0.717) is 17.5 Å². The maximum Gasteiger partial charge on any atom is 0.229 e. The predicted octanol–water partition coefficient (Wildman–Crippen LogP) is -2.09. The number of hydrogen-bond acceptors (Lipinski definition) is 14. The third kappa shape index (κ3) is 7.55. The van der Waals surface area contributed by atoms with Gasteiger partial charge in [0.05, 0.1) is 13.2 Å². The summed E-state index contributed by atoms with van der Waals surface area (Å²) in [7, 11) is 0. The van der Waals surface area contributed by atoms with E-state index in [1.165, 1.54) is 24.3 Å². The summed E-state index contributed by atoms with van der Waals surface area (Å²) in [4.78, 5) is 0. The summed E-state index contributed by atoms with van der Waals surface area (Å²) in [6.07, 6.45) is -11.1. The first-order valence-corrected chi connectivity index (χ1v) is 13.3. The number of hydrogen-bond donors (Lipinski definition) is 10. The van der Waals surface area contributed by atoms with Crippen molar-refractivity contribution in [2.24, 2.45) is 0 Å². The van der Waals surface area contributed by atoms with Gasteiger partial charge in [-0.15, -0.1) is 0 Å². The van der Waals surface area contributed by atoms with Crippen LogP contribution in [0.4, 0.5) is 0 Å². The maximum absolute atomic E-state index is 10.3. The van der Waals surface area contributed by atoms with Gasteiger partial charge in [-0.25, -0.2) is 0 Å². The minimum atomic E-state index is -1.63. The summed E-state index contributed by atoms with van der Waals surface area (Å²) < 4.78 is 21.4. The highest BCUT2D eigenvalue weighted by atomic mass is 16.7. The maximum atomic E-state index is 10.3. The van der Waals surface area contributed by atoms with Gasteiger partial charge in [0, 0.05) is 12.0 Å². The average Bonchev–Trinajstić information content (AvgIpc) is 2.99. The molecule has 0 bridgehead atoms. The third-order valence-electron chi connectivity index (χ3n) is 6.89. The van der Waals surface area contributed by atoms with E-state index in [2.05, 4.69) is 11.8 Å². The lowest BCUT2D eigenvalue weighted by atomic mass is 9.99. The number of ether oxygens (including phenoxy) is 4. The zero-order chi connectivity index (χ0) is 31.3. The zero-order valence-corrected chi connectivity index (χ0v) is 22.6. The second kappa shape index (κ2) is 14.3. The number of aliphatic hydroxyl groups is 8. The Labute approximate surface area is 245 Å². The lowest BCUT2D eigenvalue weighted by Crippen LogP contribution is -2.60. The number of rotatable bonds is 8. The normalized spacial score (nSPS) is 32.7. The highest BCUT2D eigenvalue weighted by molar-refractivity contribution is 5.56. The van der Waals surface area contributed by atoms with Crippen LogP contribution in [-0.4, -0.2) is 126 Å². The summed E-state index contributed by atoms with van der Waals surface area (Å²) in [6.45, 7) is -1.23. The largest absolute Gasteiger partial charge is 0.504 e. The van der Waals surface area contributed by atoms with Crippen LogP contribution in [0.25, 0.3) is 6.08 Å². The fraction of sp³-hybridized carbons (Fsp3) is 0.448. The Morgan fingerprint density at radius 1 is 0.674 bits per heavy atom. The summed E-state index contributed by atoms with van der Waals surface area (Å²) in [5.41, 5.74) is 1.03. The van der Waals surface area contributed by atoms with Gasteiger partial charge in [-0.1, -0.05) is 30.1 Å². The van der Waals surface area contributed by atoms with Gasteiger partial charge in [0.15, 0.2) is 23.0 Å². The molecule has 0 aromatic heterocycles. The van der Waals surface area contributed by atoms with Gasteiger partial charge in [-0.2, -0.15) is 0 Å². The standard InChI is InChI=1S/C29H34O14/c30-12-20-22(34)24(36)26(38)28(42-20)40-18-8-6-14(10-16(18)32)4-2-1-3-5-15-7-9-19(17(33)11-15)41-29-27(39)25(37)23(35)21(13-31)43-29/h2,4,6-11,20-39H,1,12-13H2/b4-2+/t20-,21+,22-,23+,24+,25-,26-,27+,28-,29+/m1/s1. The first-order valence-electron chi connectivity index (χ1n) is 13.3. The van der Waals surface area contributed by atoms with Crippen LogP contribution in [0.2, 0.25) is 0 Å². The second-order valence-electron chi connectivity index (χ2n) is 9.95. The molecule has 14 heteroatoms. The third-order valence-corrected chi connectivity index (χ3v) is 6.89. The van der Waals surface area contributed by atoms with Gasteiger partial charge in [-0.05, 0) is 35.9 Å². The van der Waals surface area contributed by atoms with Crippen molar-refractivity contribution < 1.29 is 70.0 Å². The van der Waals surface area contributed by atoms with E-state index in [9.17, 15) is 51.1 Å². The van der Waals surface area contributed by atoms with E-state index in [4.69, 9.17) is 18.9 Å². The van der Waals surface area contributed by atoms with Crippen LogP contribution in [0.5, 0.6) is 23.0 Å². The molecule has 2 saturated heterocycles. The number of phenols is 2. The van der Waals surface area contributed by atoms with Crippen molar-refractivity contribution in [2.75, 3.05) is 13.2 Å². The van der Waals surface area contributed by atoms with Crippen LogP contribution < -0.4 is 9.47 Å². The second-order valence-corrected chi connectivity index (χ2v) is 9.95. The van der Waals surface area contributed by atoms with Gasteiger partial charge in [0.2, 0.25) is 12.6 Å². The average molecular weight is 607 g/mol. The van der Waals surface area contributed by atoms with Gasteiger partial charge in [0.1, 0.15) is 48.8 Å². The van der Waals surface area contributed by atoms with Crippen LogP contribution in [-0.2, 0) is 9.47 Å². The molecule has 2 fully saturated rings. The number of aromatic hydroxyl groups is 2. The summed E-state index contributed by atoms with van der Waals surface area (Å²) in [5, 5.41) is 99.0. The molecular weight excluding hydrogens is 572 g/mol. The van der Waals surface area contributed by atoms with Gasteiger partial charge in [0.25, 0.3) is 0 Å². The molecule has 4 rings (SSSR count). The van der Waals surface area contributed by atoms with Crippen molar-refractivity contribution in [3.8, 4) is 34.8 Å². The molecule has 234 valence electrons. The van der Waals surface area contributed by atoms with Gasteiger partial charge in [-0.3, -0.25) is 0 Å². The molecule has 43 heavy (non-hydrogen) atoms. The molecule has 2 aromatic carbocycles. The molecule has 10 atom stereocenters. The molecule has 2 aromatic rings. The fourth-order valence-electron chi connectivity index (χ4n) is 4.42. The molecule has 0 radical (unpaired) electrons. The van der Waals surface area contributed by atoms with Gasteiger partial charge >= 0.3 is 0 Å². The number of phenolic OH excluding ortho intramolecular Hbond substituents is 2. The monoisotopic (exact) mass is 606 g/mol. The molecule has 2 aliphatic rings. The number of benzene rings is 2. The van der Waals surface area contributed by atoms with E-state index in [1.807, 2.05) is 0 Å². The zero-order valence-electron chi connectivity index (χ0n) is 22.6. The Bertz CT molecular complexity index is 1320. The Morgan fingerprint density at radius 2 is 1.19 bits per heavy atom. The minimum Gasteiger partial charge on any atom is -0.504 e. The molecule has 10 N–H and O–H groups in total. The van der Waals surface area contributed by atoms with E-state index >= 15 is 0 Å². The van der Waals surface area contributed by atoms with Crippen molar-refractivity contribution in [3.63, 3.8) is 0 Å². The predicted molar refractivity (Wildman–Crippen MR) is 146 cm³/mol.